The van der Waals surface area contributed by atoms with Crippen LogP contribution in [0.1, 0.15) is 36.6 Å². The van der Waals surface area contributed by atoms with Gasteiger partial charge in [-0.05, 0) is 12.8 Å². The molecule has 0 atom stereocenters. The van der Waals surface area contributed by atoms with Crippen LogP contribution in [0.4, 0.5) is 0 Å². The molecular formula is C11H15NO. The van der Waals surface area contributed by atoms with Crippen molar-refractivity contribution in [1.82, 2.24) is 4.98 Å². The summed E-state index contributed by atoms with van der Waals surface area (Å²) in [7, 11) is 0. The highest BCUT2D eigenvalue weighted by molar-refractivity contribution is 5.45. The molecule has 2 nitrogen and oxygen atoms in total. The zero-order valence-electron chi connectivity index (χ0n) is 8.42. The van der Waals surface area contributed by atoms with Gasteiger partial charge in [0.2, 0.25) is 0 Å². The average Bonchev–Trinajstić information content (AvgIpc) is 2.53. The Morgan fingerprint density at radius 2 is 2.23 bits per heavy atom. The van der Waals surface area contributed by atoms with Gasteiger partial charge in [-0.25, -0.2) is 0 Å². The van der Waals surface area contributed by atoms with Crippen molar-refractivity contribution in [3.63, 3.8) is 0 Å². The SMILES string of the molecule is Cc1cnc(C(C)C)c2c1OCC2. The molecule has 2 rings (SSSR count). The standard InChI is InChI=1S/C11H15NO/c1-7(2)10-9-4-5-13-11(9)8(3)6-12-10/h6-7H,4-5H2,1-3H3. The molecule has 1 aromatic heterocycles. The van der Waals surface area contributed by atoms with Crippen molar-refractivity contribution in [2.24, 2.45) is 0 Å². The van der Waals surface area contributed by atoms with E-state index in [0.29, 0.717) is 5.92 Å². The van der Waals surface area contributed by atoms with Crippen LogP contribution in [0.5, 0.6) is 5.75 Å². The van der Waals surface area contributed by atoms with Crippen molar-refractivity contribution < 1.29 is 4.74 Å². The molecule has 0 amide bonds. The molecule has 0 radical (unpaired) electrons. The third kappa shape index (κ3) is 1.30. The number of fused-ring (bicyclic) bond motifs is 1. The molecule has 2 heterocycles. The molecule has 2 heteroatoms. The highest BCUT2D eigenvalue weighted by atomic mass is 16.5. The Morgan fingerprint density at radius 3 is 2.92 bits per heavy atom. The van der Waals surface area contributed by atoms with E-state index in [1.807, 2.05) is 6.20 Å². The van der Waals surface area contributed by atoms with E-state index in [2.05, 4.69) is 25.8 Å². The van der Waals surface area contributed by atoms with E-state index in [-0.39, 0.29) is 0 Å². The number of hydrogen-bond acceptors (Lipinski definition) is 2. The molecule has 0 aliphatic carbocycles. The highest BCUT2D eigenvalue weighted by Gasteiger charge is 2.20. The van der Waals surface area contributed by atoms with Crippen LogP contribution in [0, 0.1) is 6.92 Å². The molecular weight excluding hydrogens is 162 g/mol. The summed E-state index contributed by atoms with van der Waals surface area (Å²) in [5.74, 6) is 1.58. The van der Waals surface area contributed by atoms with Crippen LogP contribution in [-0.4, -0.2) is 11.6 Å². The maximum absolute atomic E-state index is 5.58. The summed E-state index contributed by atoms with van der Waals surface area (Å²) in [5.41, 5.74) is 3.70. The fraction of sp³-hybridized carbons (Fsp3) is 0.545. The number of aryl methyl sites for hydroxylation is 1. The van der Waals surface area contributed by atoms with Crippen LogP contribution in [-0.2, 0) is 6.42 Å². The summed E-state index contributed by atoms with van der Waals surface area (Å²) in [5, 5.41) is 0. The molecule has 0 saturated carbocycles. The molecule has 1 aromatic rings. The van der Waals surface area contributed by atoms with Gasteiger partial charge in [-0.15, -0.1) is 0 Å². The normalized spacial score (nSPS) is 14.5. The molecule has 0 N–H and O–H groups in total. The Morgan fingerprint density at radius 1 is 1.46 bits per heavy atom. The van der Waals surface area contributed by atoms with Crippen LogP contribution in [0.2, 0.25) is 0 Å². The van der Waals surface area contributed by atoms with E-state index < -0.39 is 0 Å². The Bertz CT molecular complexity index is 331. The van der Waals surface area contributed by atoms with Crippen LogP contribution >= 0.6 is 0 Å². The molecule has 0 bridgehead atoms. The quantitative estimate of drug-likeness (QED) is 0.657. The van der Waals surface area contributed by atoms with E-state index in [4.69, 9.17) is 4.74 Å². The lowest BCUT2D eigenvalue weighted by Gasteiger charge is -2.10. The number of ether oxygens (including phenoxy) is 1. The number of hydrogen-bond donors (Lipinski definition) is 0. The Hall–Kier alpha value is -1.05. The van der Waals surface area contributed by atoms with E-state index in [9.17, 15) is 0 Å². The second-order valence-corrected chi connectivity index (χ2v) is 3.89. The van der Waals surface area contributed by atoms with Gasteiger partial charge in [0.25, 0.3) is 0 Å². The average molecular weight is 177 g/mol. The summed E-state index contributed by atoms with van der Waals surface area (Å²) in [6.45, 7) is 7.23. The first kappa shape index (κ1) is 8.54. The first-order chi connectivity index (χ1) is 6.20. The van der Waals surface area contributed by atoms with Gasteiger partial charge in [0.05, 0.1) is 6.61 Å². The fourth-order valence-corrected chi connectivity index (χ4v) is 1.85. The predicted molar refractivity (Wildman–Crippen MR) is 52.3 cm³/mol. The minimum atomic E-state index is 0.496. The second-order valence-electron chi connectivity index (χ2n) is 3.89. The number of nitrogens with zero attached hydrogens (tertiary/aromatic N) is 1. The van der Waals surface area contributed by atoms with Crippen LogP contribution in [0.15, 0.2) is 6.20 Å². The molecule has 0 unspecified atom stereocenters. The molecule has 13 heavy (non-hydrogen) atoms. The number of rotatable bonds is 1. The van der Waals surface area contributed by atoms with Gasteiger partial charge in [0, 0.05) is 29.4 Å². The van der Waals surface area contributed by atoms with Gasteiger partial charge in [-0.2, -0.15) is 0 Å². The molecule has 1 aliphatic rings. The van der Waals surface area contributed by atoms with Gasteiger partial charge in [0.1, 0.15) is 5.75 Å². The Balaban J connectivity index is 2.56. The lowest BCUT2D eigenvalue weighted by molar-refractivity contribution is 0.354. The van der Waals surface area contributed by atoms with Gasteiger partial charge in [-0.1, -0.05) is 13.8 Å². The Labute approximate surface area is 78.9 Å². The van der Waals surface area contributed by atoms with Crippen LogP contribution < -0.4 is 4.74 Å². The molecule has 70 valence electrons. The molecule has 0 spiro atoms. The zero-order valence-corrected chi connectivity index (χ0v) is 8.42. The molecule has 0 saturated heterocycles. The highest BCUT2D eigenvalue weighted by Crippen LogP contribution is 2.33. The summed E-state index contributed by atoms with van der Waals surface area (Å²) >= 11 is 0. The van der Waals surface area contributed by atoms with Crippen molar-refractivity contribution in [3.05, 3.63) is 23.0 Å². The maximum Gasteiger partial charge on any atom is 0.128 e. The summed E-state index contributed by atoms with van der Waals surface area (Å²) in [4.78, 5) is 4.47. The molecule has 1 aliphatic heterocycles. The van der Waals surface area contributed by atoms with Crippen molar-refractivity contribution in [1.29, 1.82) is 0 Å². The smallest absolute Gasteiger partial charge is 0.128 e. The molecule has 0 fully saturated rings. The summed E-state index contributed by atoms with van der Waals surface area (Å²) < 4.78 is 5.58. The van der Waals surface area contributed by atoms with Crippen LogP contribution in [0.25, 0.3) is 0 Å². The van der Waals surface area contributed by atoms with Crippen molar-refractivity contribution in [3.8, 4) is 5.75 Å². The maximum atomic E-state index is 5.58. The first-order valence-electron chi connectivity index (χ1n) is 4.81. The van der Waals surface area contributed by atoms with Gasteiger partial charge < -0.3 is 4.74 Å². The zero-order chi connectivity index (χ0) is 9.42. The van der Waals surface area contributed by atoms with Gasteiger partial charge >= 0.3 is 0 Å². The van der Waals surface area contributed by atoms with Crippen LogP contribution in [0.3, 0.4) is 0 Å². The van der Waals surface area contributed by atoms with E-state index in [1.54, 1.807) is 0 Å². The van der Waals surface area contributed by atoms with Gasteiger partial charge in [-0.3, -0.25) is 4.98 Å². The number of pyridine rings is 1. The largest absolute Gasteiger partial charge is 0.493 e. The first-order valence-corrected chi connectivity index (χ1v) is 4.81. The minimum absolute atomic E-state index is 0.496. The second kappa shape index (κ2) is 3.02. The van der Waals surface area contributed by atoms with E-state index in [1.165, 1.54) is 11.3 Å². The lowest BCUT2D eigenvalue weighted by Crippen LogP contribution is -1.98. The fourth-order valence-electron chi connectivity index (χ4n) is 1.85. The Kier molecular flexibility index (Phi) is 1.98. The summed E-state index contributed by atoms with van der Waals surface area (Å²) in [6.07, 6.45) is 2.94. The summed E-state index contributed by atoms with van der Waals surface area (Å²) in [6, 6.07) is 0. The monoisotopic (exact) mass is 177 g/mol. The van der Waals surface area contributed by atoms with Crippen molar-refractivity contribution in [2.45, 2.75) is 33.1 Å². The minimum Gasteiger partial charge on any atom is -0.493 e. The third-order valence-corrected chi connectivity index (χ3v) is 2.48. The van der Waals surface area contributed by atoms with Crippen molar-refractivity contribution >= 4 is 0 Å². The predicted octanol–water partition coefficient (Wildman–Crippen LogP) is 2.45. The number of aromatic nitrogens is 1. The van der Waals surface area contributed by atoms with E-state index in [0.717, 1.165) is 24.3 Å². The van der Waals surface area contributed by atoms with E-state index >= 15 is 0 Å². The third-order valence-electron chi connectivity index (χ3n) is 2.48. The van der Waals surface area contributed by atoms with Crippen molar-refractivity contribution in [2.75, 3.05) is 6.61 Å². The van der Waals surface area contributed by atoms with Gasteiger partial charge in [0.15, 0.2) is 0 Å². The lowest BCUT2D eigenvalue weighted by atomic mass is 10.0. The molecule has 0 aromatic carbocycles. The topological polar surface area (TPSA) is 22.1 Å².